The number of hydrogen-bond donors (Lipinski definition) is 2. The van der Waals surface area contributed by atoms with Crippen molar-refractivity contribution in [2.45, 2.75) is 24.1 Å². The number of nitrogens with one attached hydrogen (secondary N) is 2. The molecule has 1 atom stereocenters. The summed E-state index contributed by atoms with van der Waals surface area (Å²) in [5.74, 6) is -0.347. The Bertz CT molecular complexity index is 785. The van der Waals surface area contributed by atoms with Crippen LogP contribution >= 0.6 is 11.6 Å². The van der Waals surface area contributed by atoms with Crippen molar-refractivity contribution in [1.82, 2.24) is 0 Å². The summed E-state index contributed by atoms with van der Waals surface area (Å²) in [7, 11) is -3.68. The molecule has 23 heavy (non-hydrogen) atoms. The van der Waals surface area contributed by atoms with Crippen molar-refractivity contribution >= 4 is 38.9 Å². The van der Waals surface area contributed by atoms with Gasteiger partial charge in [-0.15, -0.1) is 11.6 Å². The van der Waals surface area contributed by atoms with E-state index in [1.165, 1.54) is 24.3 Å². The van der Waals surface area contributed by atoms with Crippen LogP contribution in [0.1, 0.15) is 12.5 Å². The number of halogens is 1. The monoisotopic (exact) mass is 352 g/mol. The molecule has 0 radical (unpaired) electrons. The van der Waals surface area contributed by atoms with Gasteiger partial charge in [0.1, 0.15) is 5.38 Å². The molecule has 0 spiro atoms. The molecule has 0 fully saturated rings. The van der Waals surface area contributed by atoms with E-state index in [-0.39, 0.29) is 10.8 Å². The Morgan fingerprint density at radius 1 is 1.00 bits per heavy atom. The lowest BCUT2D eigenvalue weighted by Crippen LogP contribution is -2.20. The van der Waals surface area contributed by atoms with Crippen molar-refractivity contribution in [2.75, 3.05) is 10.0 Å². The van der Waals surface area contributed by atoms with E-state index >= 15 is 0 Å². The third-order valence-electron chi connectivity index (χ3n) is 3.10. The lowest BCUT2D eigenvalue weighted by molar-refractivity contribution is -0.115. The fourth-order valence-corrected chi connectivity index (χ4v) is 2.91. The first kappa shape index (κ1) is 17.3. The van der Waals surface area contributed by atoms with Gasteiger partial charge in [0, 0.05) is 11.4 Å². The van der Waals surface area contributed by atoms with Crippen LogP contribution in [-0.2, 0) is 14.8 Å². The highest BCUT2D eigenvalue weighted by Gasteiger charge is 2.15. The Labute approximate surface area is 140 Å². The molecule has 0 heterocycles. The second-order valence-electron chi connectivity index (χ2n) is 5.10. The van der Waals surface area contributed by atoms with Gasteiger partial charge in [0.05, 0.1) is 4.90 Å². The topological polar surface area (TPSA) is 75.3 Å². The number of hydrogen-bond acceptors (Lipinski definition) is 3. The van der Waals surface area contributed by atoms with E-state index in [9.17, 15) is 13.2 Å². The van der Waals surface area contributed by atoms with E-state index in [4.69, 9.17) is 11.6 Å². The number of carbonyl (C=O) groups excluding carboxylic acids is 1. The van der Waals surface area contributed by atoms with Gasteiger partial charge in [-0.1, -0.05) is 17.7 Å². The smallest absolute Gasteiger partial charge is 0.261 e. The van der Waals surface area contributed by atoms with E-state index in [0.29, 0.717) is 11.4 Å². The average molecular weight is 353 g/mol. The van der Waals surface area contributed by atoms with E-state index in [2.05, 4.69) is 10.0 Å². The molecule has 1 amide bonds. The lowest BCUT2D eigenvalue weighted by atomic mass is 10.2. The zero-order valence-electron chi connectivity index (χ0n) is 12.7. The van der Waals surface area contributed by atoms with Gasteiger partial charge in [-0.3, -0.25) is 9.52 Å². The summed E-state index contributed by atoms with van der Waals surface area (Å²) in [6.45, 7) is 3.48. The predicted molar refractivity (Wildman–Crippen MR) is 92.4 cm³/mol. The minimum Gasteiger partial charge on any atom is -0.325 e. The van der Waals surface area contributed by atoms with Gasteiger partial charge in [-0.25, -0.2) is 8.42 Å². The molecular weight excluding hydrogens is 336 g/mol. The number of anilines is 2. The Kier molecular flexibility index (Phi) is 5.28. The summed E-state index contributed by atoms with van der Waals surface area (Å²) in [4.78, 5) is 11.6. The summed E-state index contributed by atoms with van der Waals surface area (Å²) in [6.07, 6.45) is 0. The van der Waals surface area contributed by atoms with Gasteiger partial charge in [0.25, 0.3) is 10.0 Å². The molecule has 122 valence electrons. The highest BCUT2D eigenvalue weighted by molar-refractivity contribution is 7.92. The number of sulfonamides is 1. The molecule has 2 aromatic rings. The van der Waals surface area contributed by atoms with Gasteiger partial charge in [-0.05, 0) is 50.2 Å². The van der Waals surface area contributed by atoms with Crippen LogP contribution in [-0.4, -0.2) is 19.7 Å². The third-order valence-corrected chi connectivity index (χ3v) is 4.69. The summed E-state index contributed by atoms with van der Waals surface area (Å²) < 4.78 is 27.1. The fraction of sp³-hybridized carbons (Fsp3) is 0.188. The van der Waals surface area contributed by atoms with Crippen LogP contribution in [0.2, 0.25) is 0 Å². The third kappa shape index (κ3) is 4.71. The minimum atomic E-state index is -3.68. The minimum absolute atomic E-state index is 0.106. The zero-order valence-corrected chi connectivity index (χ0v) is 14.3. The Morgan fingerprint density at radius 3 is 2.04 bits per heavy atom. The van der Waals surface area contributed by atoms with Crippen molar-refractivity contribution in [3.05, 3.63) is 54.1 Å². The maximum atomic E-state index is 12.3. The first-order valence-corrected chi connectivity index (χ1v) is 8.84. The summed E-state index contributed by atoms with van der Waals surface area (Å²) >= 11 is 5.67. The van der Waals surface area contributed by atoms with Crippen LogP contribution < -0.4 is 10.0 Å². The van der Waals surface area contributed by atoms with Gasteiger partial charge < -0.3 is 5.32 Å². The summed E-state index contributed by atoms with van der Waals surface area (Å²) in [5, 5.41) is 1.92. The van der Waals surface area contributed by atoms with E-state index < -0.39 is 15.4 Å². The van der Waals surface area contributed by atoms with Crippen molar-refractivity contribution in [2.24, 2.45) is 0 Å². The first-order valence-electron chi connectivity index (χ1n) is 6.92. The molecule has 0 saturated heterocycles. The molecule has 2 rings (SSSR count). The van der Waals surface area contributed by atoms with Gasteiger partial charge >= 0.3 is 0 Å². The largest absolute Gasteiger partial charge is 0.325 e. The molecular formula is C16H17ClN2O3S. The first-order chi connectivity index (χ1) is 10.8. The number of benzene rings is 2. The van der Waals surface area contributed by atoms with Crippen LogP contribution in [0.25, 0.3) is 0 Å². The lowest BCUT2D eigenvalue weighted by Gasteiger charge is -2.10. The second kappa shape index (κ2) is 7.02. The Hall–Kier alpha value is -2.05. The van der Waals surface area contributed by atoms with Crippen LogP contribution in [0.4, 0.5) is 11.4 Å². The highest BCUT2D eigenvalue weighted by atomic mass is 35.5. The molecule has 0 saturated carbocycles. The number of amides is 1. The maximum Gasteiger partial charge on any atom is 0.261 e. The molecule has 0 aromatic heterocycles. The number of aryl methyl sites for hydroxylation is 1. The van der Waals surface area contributed by atoms with Crippen LogP contribution in [0.15, 0.2) is 53.4 Å². The Morgan fingerprint density at radius 2 is 1.52 bits per heavy atom. The molecule has 7 heteroatoms. The van der Waals surface area contributed by atoms with Crippen molar-refractivity contribution in [3.8, 4) is 0 Å². The number of rotatable bonds is 5. The Balaban J connectivity index is 2.14. The average Bonchev–Trinajstić information content (AvgIpc) is 2.50. The summed E-state index contributed by atoms with van der Waals surface area (Å²) in [6, 6.07) is 12.9. The SMILES string of the molecule is Cc1ccc(NS(=O)(=O)c2ccc(NC(=O)C(C)Cl)cc2)cc1. The van der Waals surface area contributed by atoms with Crippen LogP contribution in [0, 0.1) is 6.92 Å². The molecule has 0 bridgehead atoms. The molecule has 2 N–H and O–H groups in total. The fourth-order valence-electron chi connectivity index (χ4n) is 1.79. The summed E-state index contributed by atoms with van der Waals surface area (Å²) in [5.41, 5.74) is 2.02. The molecule has 2 aromatic carbocycles. The number of alkyl halides is 1. The van der Waals surface area contributed by atoms with Crippen molar-refractivity contribution < 1.29 is 13.2 Å². The second-order valence-corrected chi connectivity index (χ2v) is 7.44. The normalized spacial score (nSPS) is 12.5. The maximum absolute atomic E-state index is 12.3. The molecule has 0 aliphatic heterocycles. The molecule has 5 nitrogen and oxygen atoms in total. The quantitative estimate of drug-likeness (QED) is 0.810. The van der Waals surface area contributed by atoms with Gasteiger partial charge in [0.15, 0.2) is 0 Å². The van der Waals surface area contributed by atoms with E-state index in [1.54, 1.807) is 19.1 Å². The molecule has 1 unspecified atom stereocenters. The van der Waals surface area contributed by atoms with Crippen molar-refractivity contribution in [3.63, 3.8) is 0 Å². The molecule has 0 aliphatic carbocycles. The van der Waals surface area contributed by atoms with Gasteiger partial charge in [-0.2, -0.15) is 0 Å². The van der Waals surface area contributed by atoms with E-state index in [0.717, 1.165) is 5.56 Å². The predicted octanol–water partition coefficient (Wildman–Crippen LogP) is 3.36. The van der Waals surface area contributed by atoms with Crippen molar-refractivity contribution in [1.29, 1.82) is 0 Å². The van der Waals surface area contributed by atoms with E-state index in [1.807, 2.05) is 19.1 Å². The van der Waals surface area contributed by atoms with Crippen LogP contribution in [0.3, 0.4) is 0 Å². The molecule has 0 aliphatic rings. The van der Waals surface area contributed by atoms with Crippen LogP contribution in [0.5, 0.6) is 0 Å². The number of carbonyl (C=O) groups is 1. The zero-order chi connectivity index (χ0) is 17.0. The highest BCUT2D eigenvalue weighted by Crippen LogP contribution is 2.19. The standard InChI is InChI=1S/C16H17ClN2O3S/c1-11-3-5-14(6-4-11)19-23(21,22)15-9-7-13(8-10-15)18-16(20)12(2)17/h3-10,12,19H,1-2H3,(H,18,20). The van der Waals surface area contributed by atoms with Gasteiger partial charge in [0.2, 0.25) is 5.91 Å².